The van der Waals surface area contributed by atoms with Crippen LogP contribution in [0.15, 0.2) is 42.5 Å². The summed E-state index contributed by atoms with van der Waals surface area (Å²) in [5.74, 6) is -0.406. The molecule has 2 aromatic rings. The van der Waals surface area contributed by atoms with E-state index in [1.54, 1.807) is 0 Å². The van der Waals surface area contributed by atoms with Gasteiger partial charge in [0, 0.05) is 5.56 Å². The Bertz CT molecular complexity index is 798. The molecule has 1 atom stereocenters. The first-order chi connectivity index (χ1) is 11.7. The van der Waals surface area contributed by atoms with Gasteiger partial charge < -0.3 is 4.74 Å². The second-order valence-electron chi connectivity index (χ2n) is 4.67. The lowest BCUT2D eigenvalue weighted by Gasteiger charge is -2.12. The van der Waals surface area contributed by atoms with E-state index in [0.717, 1.165) is 12.1 Å². The maximum atomic E-state index is 12.8. The number of amides is 1. The van der Waals surface area contributed by atoms with Crippen molar-refractivity contribution in [2.24, 2.45) is 0 Å². The number of rotatable bonds is 5. The average Bonchev–Trinajstić information content (AvgIpc) is 2.56. The number of carbonyl (C=O) groups is 1. The van der Waals surface area contributed by atoms with E-state index in [-0.39, 0.29) is 17.1 Å². The molecule has 0 aliphatic carbocycles. The molecule has 2 aromatic carbocycles. The predicted octanol–water partition coefficient (Wildman–Crippen LogP) is 3.68. The molecule has 25 heavy (non-hydrogen) atoms. The maximum absolute atomic E-state index is 12.8. The Hall–Kier alpha value is -2.10. The second kappa shape index (κ2) is 7.85. The van der Waals surface area contributed by atoms with Gasteiger partial charge >= 0.3 is 6.18 Å². The van der Waals surface area contributed by atoms with Gasteiger partial charge in [-0.25, -0.2) is 8.93 Å². The van der Waals surface area contributed by atoms with Crippen molar-refractivity contribution in [3.05, 3.63) is 58.6 Å². The Morgan fingerprint density at radius 1 is 1.12 bits per heavy atom. The minimum absolute atomic E-state index is 0.0507. The van der Waals surface area contributed by atoms with E-state index in [0.29, 0.717) is 0 Å². The molecule has 5 nitrogen and oxygen atoms in total. The van der Waals surface area contributed by atoms with Crippen molar-refractivity contribution in [1.29, 1.82) is 0 Å². The Morgan fingerprint density at radius 3 is 2.28 bits per heavy atom. The lowest BCUT2D eigenvalue weighted by Crippen LogP contribution is -2.32. The first kappa shape index (κ1) is 19.2. The summed E-state index contributed by atoms with van der Waals surface area (Å²) in [6.07, 6.45) is -4.60. The zero-order chi connectivity index (χ0) is 18.6. The molecule has 0 fully saturated rings. The standard InChI is InChI=1S/C15H12ClF3N2O3S/c1-20-25(23)21-14(22)9-2-4-10(5-3-9)24-11-6-7-13(16)12(8-11)15(17,18)19/h2-8,20H,1H3,(H,21,22). The highest BCUT2D eigenvalue weighted by molar-refractivity contribution is 7.81. The van der Waals surface area contributed by atoms with Gasteiger partial charge in [0.1, 0.15) is 11.5 Å². The van der Waals surface area contributed by atoms with E-state index < -0.39 is 33.8 Å². The number of carbonyl (C=O) groups excluding carboxylic acids is 1. The minimum Gasteiger partial charge on any atom is -0.457 e. The average molecular weight is 393 g/mol. The summed E-state index contributed by atoms with van der Waals surface area (Å²) < 4.78 is 59.5. The number of benzene rings is 2. The summed E-state index contributed by atoms with van der Waals surface area (Å²) in [5, 5.41) is -0.426. The predicted molar refractivity (Wildman–Crippen MR) is 87.6 cm³/mol. The first-order valence-electron chi connectivity index (χ1n) is 6.75. The van der Waals surface area contributed by atoms with Crippen molar-refractivity contribution < 1.29 is 26.9 Å². The monoisotopic (exact) mass is 392 g/mol. The normalized spacial score (nSPS) is 12.5. The van der Waals surface area contributed by atoms with Crippen LogP contribution in [0.2, 0.25) is 5.02 Å². The first-order valence-corrected chi connectivity index (χ1v) is 8.28. The lowest BCUT2D eigenvalue weighted by atomic mass is 10.2. The molecule has 134 valence electrons. The highest BCUT2D eigenvalue weighted by Crippen LogP contribution is 2.37. The van der Waals surface area contributed by atoms with Crippen LogP contribution in [0.4, 0.5) is 13.2 Å². The molecular weight excluding hydrogens is 381 g/mol. The molecule has 1 unspecified atom stereocenters. The van der Waals surface area contributed by atoms with Gasteiger partial charge in [-0.3, -0.25) is 9.52 Å². The molecule has 0 heterocycles. The Labute approximate surface area is 148 Å². The van der Waals surface area contributed by atoms with Gasteiger partial charge in [0.25, 0.3) is 5.91 Å². The summed E-state index contributed by atoms with van der Waals surface area (Å²) in [7, 11) is 1.41. The van der Waals surface area contributed by atoms with Gasteiger partial charge in [-0.15, -0.1) is 0 Å². The van der Waals surface area contributed by atoms with E-state index in [1.165, 1.54) is 37.4 Å². The molecule has 1 amide bonds. The molecule has 0 saturated carbocycles. The van der Waals surface area contributed by atoms with Crippen LogP contribution in [0, 0.1) is 0 Å². The second-order valence-corrected chi connectivity index (χ2v) is 6.23. The van der Waals surface area contributed by atoms with Gasteiger partial charge in [0.05, 0.1) is 10.6 Å². The minimum atomic E-state index is -4.60. The maximum Gasteiger partial charge on any atom is 0.417 e. The van der Waals surface area contributed by atoms with Gasteiger partial charge in [0.2, 0.25) is 0 Å². The Kier molecular flexibility index (Phi) is 6.04. The van der Waals surface area contributed by atoms with E-state index >= 15 is 0 Å². The van der Waals surface area contributed by atoms with Crippen molar-refractivity contribution in [1.82, 2.24) is 9.44 Å². The summed E-state index contributed by atoms with van der Waals surface area (Å²) in [6, 6.07) is 8.76. The molecule has 2 rings (SSSR count). The van der Waals surface area contributed by atoms with Gasteiger partial charge in [-0.1, -0.05) is 11.6 Å². The summed E-state index contributed by atoms with van der Waals surface area (Å²) in [5.41, 5.74) is -0.791. The number of nitrogens with one attached hydrogen (secondary N) is 2. The van der Waals surface area contributed by atoms with Crippen molar-refractivity contribution in [2.75, 3.05) is 7.05 Å². The number of ether oxygens (including phenoxy) is 1. The fourth-order valence-corrected chi connectivity index (χ4v) is 2.40. The molecule has 0 aromatic heterocycles. The largest absolute Gasteiger partial charge is 0.457 e. The van der Waals surface area contributed by atoms with Crippen molar-refractivity contribution in [3.8, 4) is 11.5 Å². The summed E-state index contributed by atoms with van der Waals surface area (Å²) >= 11 is 3.84. The molecule has 10 heteroatoms. The molecule has 0 bridgehead atoms. The molecule has 0 aliphatic heterocycles. The van der Waals surface area contributed by atoms with Crippen LogP contribution in [0.5, 0.6) is 11.5 Å². The number of hydrogen-bond acceptors (Lipinski definition) is 3. The number of halogens is 4. The van der Waals surface area contributed by atoms with Crippen LogP contribution in [0.3, 0.4) is 0 Å². The fourth-order valence-electron chi connectivity index (χ4n) is 1.79. The molecule has 0 aliphatic rings. The summed E-state index contributed by atoms with van der Waals surface area (Å²) in [6.45, 7) is 0. The Morgan fingerprint density at radius 2 is 1.72 bits per heavy atom. The third kappa shape index (κ3) is 5.18. The molecule has 0 spiro atoms. The highest BCUT2D eigenvalue weighted by atomic mass is 35.5. The van der Waals surface area contributed by atoms with Crippen LogP contribution in [0.1, 0.15) is 15.9 Å². The van der Waals surface area contributed by atoms with Crippen LogP contribution in [0.25, 0.3) is 0 Å². The quantitative estimate of drug-likeness (QED) is 0.815. The van der Waals surface area contributed by atoms with E-state index in [2.05, 4.69) is 9.44 Å². The topological polar surface area (TPSA) is 67.4 Å². The van der Waals surface area contributed by atoms with E-state index in [4.69, 9.17) is 16.3 Å². The molecule has 2 N–H and O–H groups in total. The van der Waals surface area contributed by atoms with Gasteiger partial charge in [-0.05, 0) is 49.5 Å². The van der Waals surface area contributed by atoms with Gasteiger partial charge in [0.15, 0.2) is 11.2 Å². The van der Waals surface area contributed by atoms with E-state index in [1.807, 2.05) is 0 Å². The third-order valence-corrected chi connectivity index (χ3v) is 4.04. The van der Waals surface area contributed by atoms with Crippen LogP contribution in [-0.4, -0.2) is 17.2 Å². The van der Waals surface area contributed by atoms with Crippen LogP contribution >= 0.6 is 11.6 Å². The summed E-state index contributed by atoms with van der Waals surface area (Å²) in [4.78, 5) is 11.8. The fraction of sp³-hybridized carbons (Fsp3) is 0.133. The van der Waals surface area contributed by atoms with Crippen molar-refractivity contribution in [3.63, 3.8) is 0 Å². The van der Waals surface area contributed by atoms with E-state index in [9.17, 15) is 22.2 Å². The van der Waals surface area contributed by atoms with Crippen LogP contribution in [-0.2, 0) is 17.3 Å². The molecule has 0 saturated heterocycles. The highest BCUT2D eigenvalue weighted by Gasteiger charge is 2.33. The van der Waals surface area contributed by atoms with Gasteiger partial charge in [-0.2, -0.15) is 13.2 Å². The SMILES string of the molecule is CNS(=O)NC(=O)c1ccc(Oc2ccc(Cl)c(C(F)(F)F)c2)cc1. The Balaban J connectivity index is 2.14. The van der Waals surface area contributed by atoms with Crippen molar-refractivity contribution >= 4 is 28.7 Å². The smallest absolute Gasteiger partial charge is 0.417 e. The van der Waals surface area contributed by atoms with Crippen LogP contribution < -0.4 is 14.2 Å². The molecular formula is C15H12ClF3N2O3S. The zero-order valence-corrected chi connectivity index (χ0v) is 14.3. The van der Waals surface area contributed by atoms with Crippen molar-refractivity contribution in [2.45, 2.75) is 6.18 Å². The number of alkyl halides is 3. The lowest BCUT2D eigenvalue weighted by molar-refractivity contribution is -0.137. The third-order valence-electron chi connectivity index (χ3n) is 2.97. The molecule has 0 radical (unpaired) electrons. The number of hydrogen-bond donors (Lipinski definition) is 2. The zero-order valence-electron chi connectivity index (χ0n) is 12.7.